The molecule has 0 aliphatic rings. The molecule has 0 bridgehead atoms. The van der Waals surface area contributed by atoms with E-state index in [4.69, 9.17) is 11.5 Å². The molecule has 12 nitrogen and oxygen atoms in total. The highest BCUT2D eigenvalue weighted by molar-refractivity contribution is 7.86. The maximum Gasteiger partial charge on any atom is 0.435 e. The molecule has 14 heteroatoms. The summed E-state index contributed by atoms with van der Waals surface area (Å²) in [5, 5.41) is 18.4. The van der Waals surface area contributed by atoms with E-state index < -0.39 is 20.2 Å². The molecule has 0 saturated heterocycles. The predicted octanol–water partition coefficient (Wildman–Crippen LogP) is 8.46. The molecule has 8 N–H and O–H groups in total. The second-order valence-electron chi connectivity index (χ2n) is 10.2. The van der Waals surface area contributed by atoms with Crippen LogP contribution in [-0.4, -0.2) is 25.9 Å². The van der Waals surface area contributed by atoms with Gasteiger partial charge in [0.2, 0.25) is 0 Å². The smallest absolute Gasteiger partial charge is 0.396 e. The van der Waals surface area contributed by atoms with E-state index >= 15 is 0 Å². The maximum atomic E-state index is 12.1. The van der Waals surface area contributed by atoms with E-state index in [1.54, 1.807) is 72.8 Å². The van der Waals surface area contributed by atoms with Gasteiger partial charge < -0.3 is 11.5 Å². The normalized spacial score (nSPS) is 14.6. The summed E-state index contributed by atoms with van der Waals surface area (Å²) in [6, 6.07) is 30.1. The zero-order chi connectivity index (χ0) is 32.6. The highest BCUT2D eigenvalue weighted by Gasteiger charge is 2.24. The van der Waals surface area contributed by atoms with Crippen LogP contribution in [0.4, 0.5) is 34.1 Å². The molecule has 2 atom stereocenters. The van der Waals surface area contributed by atoms with Gasteiger partial charge in [-0.15, -0.1) is 18.6 Å². The van der Waals surface area contributed by atoms with Crippen molar-refractivity contribution in [2.24, 2.45) is 20.5 Å². The van der Waals surface area contributed by atoms with Crippen molar-refractivity contribution in [2.45, 2.75) is 9.79 Å². The van der Waals surface area contributed by atoms with Crippen LogP contribution in [-0.2, 0) is 20.2 Å². The number of nitrogen functional groups attached to an aromatic ring is 2. The van der Waals surface area contributed by atoms with Crippen molar-refractivity contribution < 1.29 is 25.9 Å². The number of fused-ring (bicyclic) bond motifs is 2. The minimum absolute atomic E-state index is 0.140. The largest absolute Gasteiger partial charge is 0.435 e. The van der Waals surface area contributed by atoms with Crippen LogP contribution in [0.25, 0.3) is 32.7 Å². The molecule has 0 aliphatic carbocycles. The minimum Gasteiger partial charge on any atom is -0.396 e. The standard InChI is InChI=1S/C32H24N6O6S2/c33-31-25-7-3-1-5-23(25)29(45(39,40)41)17-27(31)37-35-21-13-9-19(10-14-21)20-11-15-22(16-12-20)36-38-28-18-30(46(42,43)44)24-6-2-4-8-26(24)32(28)34/h1-18H,33-34H2,(H,39,40,41)(H,42,43,44)/p+2. The molecule has 0 aromatic heterocycles. The number of hydrogen-bond donors (Lipinski definition) is 4. The number of rotatable bonds is 7. The Hall–Kier alpha value is -5.54. The molecular formula is C32H26N6O6S2+2. The summed E-state index contributed by atoms with van der Waals surface area (Å²) in [6.45, 7) is 0. The van der Waals surface area contributed by atoms with Gasteiger partial charge in [0, 0.05) is 21.5 Å². The summed E-state index contributed by atoms with van der Waals surface area (Å²) in [4.78, 5) is -0.397. The highest BCUT2D eigenvalue weighted by Crippen LogP contribution is 2.38. The molecule has 46 heavy (non-hydrogen) atoms. The van der Waals surface area contributed by atoms with E-state index in [0.717, 1.165) is 11.1 Å². The first-order chi connectivity index (χ1) is 21.9. The molecule has 6 rings (SSSR count). The predicted molar refractivity (Wildman–Crippen MR) is 179 cm³/mol. The maximum absolute atomic E-state index is 12.1. The Bertz CT molecular complexity index is 2260. The van der Waals surface area contributed by atoms with Gasteiger partial charge in [-0.3, -0.25) is 0 Å². The number of hydrogen-bond acceptors (Lipinski definition) is 8. The van der Waals surface area contributed by atoms with Crippen LogP contribution in [0.2, 0.25) is 0 Å². The molecule has 2 unspecified atom stereocenters. The van der Waals surface area contributed by atoms with Crippen LogP contribution in [0, 0.1) is 0 Å². The molecule has 0 saturated carbocycles. The molecular weight excluding hydrogens is 629 g/mol. The monoisotopic (exact) mass is 654 g/mol. The summed E-state index contributed by atoms with van der Waals surface area (Å²) in [6.07, 6.45) is 0. The Kier molecular flexibility index (Phi) is 7.79. The number of nitrogens with two attached hydrogens (primary N) is 2. The molecule has 0 heterocycles. The van der Waals surface area contributed by atoms with Crippen molar-refractivity contribution in [3.8, 4) is 11.1 Å². The molecule has 0 fully saturated rings. The van der Waals surface area contributed by atoms with Crippen molar-refractivity contribution in [2.75, 3.05) is 11.5 Å². The van der Waals surface area contributed by atoms with Crippen LogP contribution in [0.15, 0.2) is 139 Å². The van der Waals surface area contributed by atoms with Gasteiger partial charge in [0.25, 0.3) is 0 Å². The molecule has 0 radical (unpaired) electrons. The van der Waals surface area contributed by atoms with E-state index in [-0.39, 0.29) is 32.5 Å². The quantitative estimate of drug-likeness (QED) is 0.0572. The SMILES string of the molecule is Nc1c(N=Nc2ccc(-c3ccc(N=Nc4cc(S(=O)(O)=[OH+])c5ccccc5c4N)cc3)cc2)cc(S(=O)(O)=[OH+])c2ccccc12. The molecule has 6 aromatic rings. The van der Waals surface area contributed by atoms with Crippen molar-refractivity contribution in [3.05, 3.63) is 109 Å². The van der Waals surface area contributed by atoms with Crippen LogP contribution >= 0.6 is 0 Å². The Morgan fingerprint density at radius 2 is 0.826 bits per heavy atom. The van der Waals surface area contributed by atoms with E-state index in [9.17, 15) is 25.9 Å². The zero-order valence-electron chi connectivity index (χ0n) is 23.8. The molecule has 0 amide bonds. The summed E-state index contributed by atoms with van der Waals surface area (Å²) in [7, 11) is -8.56. The van der Waals surface area contributed by atoms with Crippen LogP contribution in [0.5, 0.6) is 0 Å². The van der Waals surface area contributed by atoms with E-state index in [1.807, 2.05) is 24.3 Å². The average Bonchev–Trinajstić information content (AvgIpc) is 3.04. The Balaban J connectivity index is 1.22. The lowest BCUT2D eigenvalue weighted by molar-refractivity contribution is 0.493. The van der Waals surface area contributed by atoms with Crippen LogP contribution in [0.3, 0.4) is 0 Å². The lowest BCUT2D eigenvalue weighted by Gasteiger charge is -2.08. The zero-order valence-corrected chi connectivity index (χ0v) is 25.4. The van der Waals surface area contributed by atoms with E-state index in [2.05, 4.69) is 20.5 Å². The summed E-state index contributed by atoms with van der Waals surface area (Å²) in [5.41, 5.74) is 16.0. The van der Waals surface area contributed by atoms with Gasteiger partial charge >= 0.3 is 20.2 Å². The van der Waals surface area contributed by atoms with Crippen molar-refractivity contribution >= 4 is 75.9 Å². The van der Waals surface area contributed by atoms with Gasteiger partial charge in [-0.1, -0.05) is 72.8 Å². The second kappa shape index (κ2) is 11.8. The Morgan fingerprint density at radius 3 is 1.15 bits per heavy atom. The second-order valence-corrected chi connectivity index (χ2v) is 13.1. The lowest BCUT2D eigenvalue weighted by atomic mass is 10.1. The lowest BCUT2D eigenvalue weighted by Crippen LogP contribution is -2.00. The van der Waals surface area contributed by atoms with Gasteiger partial charge in [-0.25, -0.2) is 9.11 Å². The fraction of sp³-hybridized carbons (Fsp3) is 0. The van der Waals surface area contributed by atoms with Crippen LogP contribution in [0.1, 0.15) is 0 Å². The molecule has 0 spiro atoms. The number of azo groups is 2. The highest BCUT2D eigenvalue weighted by atomic mass is 32.2. The van der Waals surface area contributed by atoms with Gasteiger partial charge in [0.05, 0.1) is 22.7 Å². The summed E-state index contributed by atoms with van der Waals surface area (Å²) in [5.74, 6) is 0. The van der Waals surface area contributed by atoms with Gasteiger partial charge in [-0.2, -0.15) is 18.6 Å². The third-order valence-corrected chi connectivity index (χ3v) is 9.06. The first kappa shape index (κ1) is 30.5. The Morgan fingerprint density at radius 1 is 0.500 bits per heavy atom. The third-order valence-electron chi connectivity index (χ3n) is 7.24. The van der Waals surface area contributed by atoms with Gasteiger partial charge in [0.15, 0.2) is 9.79 Å². The number of nitrogens with zero attached hydrogens (tertiary/aromatic N) is 4. The summed E-state index contributed by atoms with van der Waals surface area (Å²) < 4.78 is 63.5. The van der Waals surface area contributed by atoms with Gasteiger partial charge in [0.1, 0.15) is 11.4 Å². The number of anilines is 2. The fourth-order valence-corrected chi connectivity index (χ4v) is 6.43. The van der Waals surface area contributed by atoms with Crippen molar-refractivity contribution in [1.82, 2.24) is 0 Å². The van der Waals surface area contributed by atoms with E-state index in [1.165, 1.54) is 12.1 Å². The molecule has 6 aromatic carbocycles. The van der Waals surface area contributed by atoms with Gasteiger partial charge in [-0.05, 0) is 47.5 Å². The summed E-state index contributed by atoms with van der Waals surface area (Å²) >= 11 is 0. The average molecular weight is 655 g/mol. The first-order valence-electron chi connectivity index (χ1n) is 13.5. The third kappa shape index (κ3) is 6.05. The Labute approximate surface area is 263 Å². The minimum atomic E-state index is -4.28. The fourth-order valence-electron chi connectivity index (χ4n) is 4.97. The first-order valence-corrected chi connectivity index (χ1v) is 16.5. The van der Waals surface area contributed by atoms with Crippen LogP contribution < -0.4 is 11.5 Å². The topological polar surface area (TPSA) is 219 Å². The number of benzene rings is 6. The van der Waals surface area contributed by atoms with Crippen molar-refractivity contribution in [1.29, 1.82) is 0 Å². The molecule has 230 valence electrons. The molecule has 0 aliphatic heterocycles. The van der Waals surface area contributed by atoms with Crippen molar-refractivity contribution in [3.63, 3.8) is 0 Å². The van der Waals surface area contributed by atoms with E-state index in [0.29, 0.717) is 32.9 Å².